The second kappa shape index (κ2) is 9.44. The lowest BCUT2D eigenvalue weighted by Crippen LogP contribution is -2.44. The van der Waals surface area contributed by atoms with Gasteiger partial charge in [0, 0.05) is 30.0 Å². The van der Waals surface area contributed by atoms with Crippen molar-refractivity contribution in [3.8, 4) is 16.9 Å². The number of carbonyl (C=O) groups is 1. The summed E-state index contributed by atoms with van der Waals surface area (Å²) in [5.41, 5.74) is 4.25. The van der Waals surface area contributed by atoms with Gasteiger partial charge in [-0.25, -0.2) is 4.79 Å². The van der Waals surface area contributed by atoms with E-state index >= 15 is 0 Å². The highest BCUT2D eigenvalue weighted by Crippen LogP contribution is 2.30. The Labute approximate surface area is 191 Å². The summed E-state index contributed by atoms with van der Waals surface area (Å²) in [6, 6.07) is 20.2. The Morgan fingerprint density at radius 1 is 1.16 bits per heavy atom. The molecule has 0 saturated heterocycles. The minimum absolute atomic E-state index is 0.0546. The van der Waals surface area contributed by atoms with Gasteiger partial charge in [-0.15, -0.1) is 11.3 Å². The summed E-state index contributed by atoms with van der Waals surface area (Å²) in [5.74, 6) is 0.821. The van der Waals surface area contributed by atoms with Gasteiger partial charge in [-0.05, 0) is 35.1 Å². The first-order valence-corrected chi connectivity index (χ1v) is 11.7. The van der Waals surface area contributed by atoms with Crippen LogP contribution >= 0.6 is 11.3 Å². The normalized spacial score (nSPS) is 17.3. The number of nitrogens with one attached hydrogen (secondary N) is 1. The Morgan fingerprint density at radius 3 is 2.91 bits per heavy atom. The van der Waals surface area contributed by atoms with Crippen LogP contribution in [0.2, 0.25) is 0 Å². The molecule has 32 heavy (non-hydrogen) atoms. The third-order valence-electron chi connectivity index (χ3n) is 5.73. The van der Waals surface area contributed by atoms with E-state index < -0.39 is 0 Å². The summed E-state index contributed by atoms with van der Waals surface area (Å²) < 4.78 is 6.08. The molecule has 5 rings (SSSR count). The van der Waals surface area contributed by atoms with Crippen molar-refractivity contribution in [3.63, 3.8) is 0 Å². The number of oxime groups is 1. The van der Waals surface area contributed by atoms with Gasteiger partial charge < -0.3 is 19.8 Å². The van der Waals surface area contributed by atoms with Crippen LogP contribution in [0, 0.1) is 0 Å². The van der Waals surface area contributed by atoms with Crippen LogP contribution in [-0.2, 0) is 17.8 Å². The number of para-hydroxylation sites is 1. The van der Waals surface area contributed by atoms with Gasteiger partial charge in [0.25, 0.3) is 0 Å². The summed E-state index contributed by atoms with van der Waals surface area (Å²) in [7, 11) is 0. The van der Waals surface area contributed by atoms with E-state index in [1.807, 2.05) is 41.3 Å². The van der Waals surface area contributed by atoms with Gasteiger partial charge in [0.2, 0.25) is 0 Å². The molecule has 1 aromatic heterocycles. The lowest BCUT2D eigenvalue weighted by atomic mass is 10.0. The molecule has 1 N–H and O–H groups in total. The maximum Gasteiger partial charge on any atom is 0.318 e. The molecule has 2 aromatic carbocycles. The monoisotopic (exact) mass is 447 g/mol. The first kappa shape index (κ1) is 20.6. The van der Waals surface area contributed by atoms with Crippen LogP contribution in [0.1, 0.15) is 16.9 Å². The van der Waals surface area contributed by atoms with Crippen LogP contribution in [0.25, 0.3) is 11.1 Å². The standard InChI is InChI=1S/C25H25N3O3S/c29-25(28-12-10-24-19(16-28)11-13-32-24)26-15-20-14-21(31-27-20)17-30-23-9-5-4-8-22(23)18-6-2-1-3-7-18/h1-9,11,13,21H,10,12,14-17H2,(H,26,29). The number of benzene rings is 2. The molecule has 0 aliphatic carbocycles. The summed E-state index contributed by atoms with van der Waals surface area (Å²) >= 11 is 1.77. The molecule has 3 heterocycles. The molecule has 6 nitrogen and oxygen atoms in total. The molecule has 0 bridgehead atoms. The molecule has 0 fully saturated rings. The van der Waals surface area contributed by atoms with Gasteiger partial charge >= 0.3 is 6.03 Å². The summed E-state index contributed by atoms with van der Waals surface area (Å²) in [6.07, 6.45) is 1.41. The third kappa shape index (κ3) is 4.62. The summed E-state index contributed by atoms with van der Waals surface area (Å²) in [5, 5.41) is 9.24. The van der Waals surface area contributed by atoms with Crippen LogP contribution in [0.15, 0.2) is 71.2 Å². The van der Waals surface area contributed by atoms with Crippen molar-refractivity contribution >= 4 is 23.1 Å². The van der Waals surface area contributed by atoms with Crippen molar-refractivity contribution in [2.75, 3.05) is 19.7 Å². The minimum atomic E-state index is -0.158. The number of rotatable bonds is 6. The molecular formula is C25H25N3O3S. The van der Waals surface area contributed by atoms with Crippen molar-refractivity contribution in [3.05, 3.63) is 76.5 Å². The van der Waals surface area contributed by atoms with Gasteiger partial charge in [0.1, 0.15) is 12.4 Å². The van der Waals surface area contributed by atoms with Gasteiger partial charge in [-0.3, -0.25) is 0 Å². The molecule has 0 radical (unpaired) electrons. The number of hydrogen-bond donors (Lipinski definition) is 1. The largest absolute Gasteiger partial charge is 0.489 e. The van der Waals surface area contributed by atoms with Crippen molar-refractivity contribution in [1.82, 2.24) is 10.2 Å². The van der Waals surface area contributed by atoms with E-state index in [2.05, 4.69) is 40.1 Å². The topological polar surface area (TPSA) is 63.2 Å². The third-order valence-corrected chi connectivity index (χ3v) is 6.75. The van der Waals surface area contributed by atoms with E-state index in [0.29, 0.717) is 26.1 Å². The van der Waals surface area contributed by atoms with E-state index in [9.17, 15) is 4.79 Å². The maximum absolute atomic E-state index is 12.5. The van der Waals surface area contributed by atoms with Crippen LogP contribution in [0.3, 0.4) is 0 Å². The molecule has 1 atom stereocenters. The highest BCUT2D eigenvalue weighted by molar-refractivity contribution is 7.10. The van der Waals surface area contributed by atoms with E-state index in [0.717, 1.165) is 35.6 Å². The molecule has 0 spiro atoms. The van der Waals surface area contributed by atoms with Crippen LogP contribution < -0.4 is 10.1 Å². The Morgan fingerprint density at radius 2 is 2.00 bits per heavy atom. The highest BCUT2D eigenvalue weighted by atomic mass is 32.1. The predicted octanol–water partition coefficient (Wildman–Crippen LogP) is 4.71. The van der Waals surface area contributed by atoms with Gasteiger partial charge in [0.15, 0.2) is 6.10 Å². The average molecular weight is 448 g/mol. The smallest absolute Gasteiger partial charge is 0.318 e. The predicted molar refractivity (Wildman–Crippen MR) is 126 cm³/mol. The lowest BCUT2D eigenvalue weighted by Gasteiger charge is -2.27. The highest BCUT2D eigenvalue weighted by Gasteiger charge is 2.25. The second-order valence-electron chi connectivity index (χ2n) is 7.96. The van der Waals surface area contributed by atoms with E-state index in [4.69, 9.17) is 9.57 Å². The quantitative estimate of drug-likeness (QED) is 0.595. The molecule has 7 heteroatoms. The maximum atomic E-state index is 12.5. The molecule has 3 aromatic rings. The SMILES string of the molecule is O=C(NCC1=NOC(COc2ccccc2-c2ccccc2)C1)N1CCc2sccc2C1. The minimum Gasteiger partial charge on any atom is -0.489 e. The number of fused-ring (bicyclic) bond motifs is 1. The molecule has 2 aliphatic rings. The van der Waals surface area contributed by atoms with E-state index in [1.54, 1.807) is 11.3 Å². The van der Waals surface area contributed by atoms with Crippen LogP contribution in [0.4, 0.5) is 4.79 Å². The first-order chi connectivity index (χ1) is 15.8. The van der Waals surface area contributed by atoms with Crippen molar-refractivity contribution < 1.29 is 14.4 Å². The Balaban J connectivity index is 1.09. The summed E-state index contributed by atoms with van der Waals surface area (Å²) in [4.78, 5) is 21.3. The van der Waals surface area contributed by atoms with Gasteiger partial charge in [-0.2, -0.15) is 0 Å². The fourth-order valence-electron chi connectivity index (χ4n) is 4.02. The van der Waals surface area contributed by atoms with Gasteiger partial charge in [0.05, 0.1) is 12.3 Å². The molecule has 0 saturated carbocycles. The Bertz CT molecular complexity index is 1110. The number of ether oxygens (including phenoxy) is 1. The van der Waals surface area contributed by atoms with Crippen molar-refractivity contribution in [2.24, 2.45) is 5.16 Å². The zero-order chi connectivity index (χ0) is 21.8. The first-order valence-electron chi connectivity index (χ1n) is 10.8. The second-order valence-corrected chi connectivity index (χ2v) is 8.96. The molecular weight excluding hydrogens is 422 g/mol. The lowest BCUT2D eigenvalue weighted by molar-refractivity contribution is 0.0472. The summed E-state index contributed by atoms with van der Waals surface area (Å²) in [6.45, 7) is 2.21. The average Bonchev–Trinajstić information content (AvgIpc) is 3.51. The molecule has 1 unspecified atom stereocenters. The fraction of sp³-hybridized carbons (Fsp3) is 0.280. The number of carbonyl (C=O) groups excluding carboxylic acids is 1. The van der Waals surface area contributed by atoms with Crippen LogP contribution in [0.5, 0.6) is 5.75 Å². The van der Waals surface area contributed by atoms with E-state index in [-0.39, 0.29) is 12.1 Å². The number of amides is 2. The molecule has 2 amide bonds. The zero-order valence-corrected chi connectivity index (χ0v) is 18.5. The number of hydrogen-bond acceptors (Lipinski definition) is 5. The van der Waals surface area contributed by atoms with Crippen molar-refractivity contribution in [1.29, 1.82) is 0 Å². The van der Waals surface area contributed by atoms with Gasteiger partial charge in [-0.1, -0.05) is 53.7 Å². The number of urea groups is 1. The Kier molecular flexibility index (Phi) is 6.07. The Hall–Kier alpha value is -3.32. The van der Waals surface area contributed by atoms with Crippen molar-refractivity contribution in [2.45, 2.75) is 25.5 Å². The molecule has 2 aliphatic heterocycles. The molecule has 164 valence electrons. The zero-order valence-electron chi connectivity index (χ0n) is 17.7. The number of nitrogens with zero attached hydrogens (tertiary/aromatic N) is 2. The number of thiophene rings is 1. The van der Waals surface area contributed by atoms with Crippen LogP contribution in [-0.4, -0.2) is 42.4 Å². The van der Waals surface area contributed by atoms with E-state index in [1.165, 1.54) is 10.4 Å². The fourth-order valence-corrected chi connectivity index (χ4v) is 4.91.